The summed E-state index contributed by atoms with van der Waals surface area (Å²) in [5.41, 5.74) is 10.4. The number of nitrogens with zero attached hydrogens (tertiary/aromatic N) is 3. The molecule has 0 bridgehead atoms. The second kappa shape index (κ2) is 10.8. The number of aromatic nitrogens is 3. The summed E-state index contributed by atoms with van der Waals surface area (Å²) >= 11 is 0. The summed E-state index contributed by atoms with van der Waals surface area (Å²) in [4.78, 5) is 34.2. The van der Waals surface area contributed by atoms with Gasteiger partial charge >= 0.3 is 0 Å². The van der Waals surface area contributed by atoms with Crippen molar-refractivity contribution in [2.24, 2.45) is 11.7 Å². The molecule has 0 saturated carbocycles. The molecule has 7 nitrogen and oxygen atoms in total. The maximum absolute atomic E-state index is 13.0. The molecule has 33 heavy (non-hydrogen) atoms. The predicted octanol–water partition coefficient (Wildman–Crippen LogP) is 3.56. The van der Waals surface area contributed by atoms with Crippen LogP contribution in [0, 0.1) is 12.8 Å². The van der Waals surface area contributed by atoms with Crippen LogP contribution >= 0.6 is 0 Å². The van der Waals surface area contributed by atoms with Crippen LogP contribution in [-0.2, 0) is 13.1 Å². The van der Waals surface area contributed by atoms with E-state index in [4.69, 9.17) is 5.73 Å². The number of rotatable bonds is 9. The van der Waals surface area contributed by atoms with Crippen molar-refractivity contribution in [1.29, 1.82) is 0 Å². The number of nitrogens with one attached hydrogen (secondary N) is 1. The predicted molar refractivity (Wildman–Crippen MR) is 132 cm³/mol. The average molecular weight is 446 g/mol. The summed E-state index contributed by atoms with van der Waals surface area (Å²) in [6, 6.07) is 11.0. The summed E-state index contributed by atoms with van der Waals surface area (Å²) in [6.45, 7) is 7.32. The minimum Gasteiger partial charge on any atom is -0.398 e. The number of nitrogens with two attached hydrogens (primary N) is 1. The molecule has 0 fully saturated rings. The maximum atomic E-state index is 13.0. The molecule has 7 heteroatoms. The van der Waals surface area contributed by atoms with E-state index < -0.39 is 0 Å². The third kappa shape index (κ3) is 6.02. The van der Waals surface area contributed by atoms with Gasteiger partial charge in [-0.15, -0.1) is 0 Å². The topological polar surface area (TPSA) is 103 Å². The van der Waals surface area contributed by atoms with E-state index in [1.165, 1.54) is 12.1 Å². The van der Waals surface area contributed by atoms with Crippen molar-refractivity contribution in [2.75, 3.05) is 7.05 Å². The quantitative estimate of drug-likeness (QED) is 0.386. The van der Waals surface area contributed by atoms with E-state index in [0.717, 1.165) is 29.7 Å². The van der Waals surface area contributed by atoms with Crippen LogP contribution in [0.3, 0.4) is 0 Å². The van der Waals surface area contributed by atoms with Gasteiger partial charge in [-0.05, 0) is 37.1 Å². The Hall–Kier alpha value is -3.58. The fourth-order valence-corrected chi connectivity index (χ4v) is 3.42. The molecule has 0 spiro atoms. The molecule has 0 radical (unpaired) electrons. The SMILES string of the molecule is CC[C@H](C)Cn1cc(-c2cnc(C)c(C(=O)/C=C(\N)c3ccc(CNC)cc3)n2)ccc1=O. The highest BCUT2D eigenvalue weighted by molar-refractivity contribution is 6.07. The number of ketones is 1. The molecule has 3 rings (SSSR count). The third-order valence-electron chi connectivity index (χ3n) is 5.63. The number of pyridine rings is 1. The zero-order chi connectivity index (χ0) is 24.0. The molecule has 0 aliphatic heterocycles. The van der Waals surface area contributed by atoms with Crippen molar-refractivity contribution in [1.82, 2.24) is 19.9 Å². The highest BCUT2D eigenvalue weighted by Crippen LogP contribution is 2.18. The lowest BCUT2D eigenvalue weighted by Crippen LogP contribution is -2.21. The molecule has 0 aliphatic rings. The van der Waals surface area contributed by atoms with Gasteiger partial charge in [-0.1, -0.05) is 44.5 Å². The van der Waals surface area contributed by atoms with Crippen molar-refractivity contribution >= 4 is 11.5 Å². The number of hydrogen-bond donors (Lipinski definition) is 2. The zero-order valence-electron chi connectivity index (χ0n) is 19.6. The standard InChI is InChI=1S/C26H31N5O2/c1-5-17(2)15-31-16-21(10-11-25(31)33)23-14-29-18(3)26(30-23)24(32)12-22(27)20-8-6-19(7-9-20)13-28-4/h6-12,14,16-17,28H,5,13,15,27H2,1-4H3/b22-12-/t17-/m0/s1. The lowest BCUT2D eigenvalue weighted by atomic mass is 10.1. The fourth-order valence-electron chi connectivity index (χ4n) is 3.42. The monoisotopic (exact) mass is 445 g/mol. The average Bonchev–Trinajstić information content (AvgIpc) is 2.81. The summed E-state index contributed by atoms with van der Waals surface area (Å²) in [7, 11) is 1.89. The first kappa shape index (κ1) is 24.1. The molecular formula is C26H31N5O2. The van der Waals surface area contributed by atoms with Gasteiger partial charge in [-0.25, -0.2) is 4.98 Å². The van der Waals surface area contributed by atoms with Crippen molar-refractivity contribution in [3.63, 3.8) is 0 Å². The van der Waals surface area contributed by atoms with E-state index >= 15 is 0 Å². The van der Waals surface area contributed by atoms with Gasteiger partial charge in [-0.2, -0.15) is 0 Å². The molecule has 0 unspecified atom stereocenters. The minimum absolute atomic E-state index is 0.0631. The molecular weight excluding hydrogens is 414 g/mol. The number of hydrogen-bond acceptors (Lipinski definition) is 6. The van der Waals surface area contributed by atoms with Gasteiger partial charge in [0.25, 0.3) is 5.56 Å². The normalized spacial score (nSPS) is 12.5. The van der Waals surface area contributed by atoms with Crippen molar-refractivity contribution in [3.8, 4) is 11.3 Å². The van der Waals surface area contributed by atoms with E-state index in [2.05, 4.69) is 29.1 Å². The van der Waals surface area contributed by atoms with Crippen LogP contribution in [0.4, 0.5) is 0 Å². The maximum Gasteiger partial charge on any atom is 0.250 e. The van der Waals surface area contributed by atoms with E-state index in [-0.39, 0.29) is 17.0 Å². The summed E-state index contributed by atoms with van der Waals surface area (Å²) < 4.78 is 1.68. The minimum atomic E-state index is -0.313. The molecule has 0 amide bonds. The number of allylic oxidation sites excluding steroid dienone is 1. The van der Waals surface area contributed by atoms with Gasteiger partial charge in [0.05, 0.1) is 17.6 Å². The van der Waals surface area contributed by atoms with Crippen LogP contribution in [0.25, 0.3) is 17.0 Å². The van der Waals surface area contributed by atoms with E-state index in [1.807, 2.05) is 31.3 Å². The Kier molecular flexibility index (Phi) is 7.90. The number of carbonyl (C=O) groups is 1. The van der Waals surface area contributed by atoms with Crippen LogP contribution in [0.5, 0.6) is 0 Å². The largest absolute Gasteiger partial charge is 0.398 e. The molecule has 2 heterocycles. The smallest absolute Gasteiger partial charge is 0.250 e. The van der Waals surface area contributed by atoms with Crippen molar-refractivity contribution in [3.05, 3.63) is 87.7 Å². The van der Waals surface area contributed by atoms with Gasteiger partial charge in [-0.3, -0.25) is 14.6 Å². The molecule has 1 atom stereocenters. The Morgan fingerprint density at radius 2 is 1.94 bits per heavy atom. The number of carbonyl (C=O) groups excluding carboxylic acids is 1. The molecule has 1 aromatic carbocycles. The first-order chi connectivity index (χ1) is 15.8. The Labute approximate surface area is 194 Å². The fraction of sp³-hybridized carbons (Fsp3) is 0.308. The zero-order valence-corrected chi connectivity index (χ0v) is 19.6. The highest BCUT2D eigenvalue weighted by atomic mass is 16.1. The molecule has 0 saturated heterocycles. The summed E-state index contributed by atoms with van der Waals surface area (Å²) in [5.74, 6) is 0.0613. The van der Waals surface area contributed by atoms with Crippen molar-refractivity contribution < 1.29 is 4.79 Å². The van der Waals surface area contributed by atoms with Gasteiger partial charge < -0.3 is 15.6 Å². The van der Waals surface area contributed by atoms with Crippen LogP contribution in [-0.4, -0.2) is 27.4 Å². The molecule has 0 aliphatic carbocycles. The Morgan fingerprint density at radius 1 is 1.21 bits per heavy atom. The summed E-state index contributed by atoms with van der Waals surface area (Å²) in [6.07, 6.45) is 5.76. The first-order valence-electron chi connectivity index (χ1n) is 11.1. The first-order valence-corrected chi connectivity index (χ1v) is 11.1. The van der Waals surface area contributed by atoms with Gasteiger partial charge in [0, 0.05) is 42.7 Å². The van der Waals surface area contributed by atoms with Gasteiger partial charge in [0.2, 0.25) is 5.78 Å². The van der Waals surface area contributed by atoms with E-state index in [0.29, 0.717) is 29.5 Å². The lowest BCUT2D eigenvalue weighted by Gasteiger charge is -2.13. The number of aryl methyl sites for hydroxylation is 1. The van der Waals surface area contributed by atoms with E-state index in [1.54, 1.807) is 30.0 Å². The molecule has 2 aromatic heterocycles. The van der Waals surface area contributed by atoms with Crippen LogP contribution in [0.1, 0.15) is 47.6 Å². The number of benzene rings is 1. The second-order valence-corrected chi connectivity index (χ2v) is 8.30. The Balaban J connectivity index is 1.89. The van der Waals surface area contributed by atoms with Crippen LogP contribution < -0.4 is 16.6 Å². The molecule has 172 valence electrons. The molecule has 3 aromatic rings. The lowest BCUT2D eigenvalue weighted by molar-refractivity contribution is 0.104. The van der Waals surface area contributed by atoms with Gasteiger partial charge in [0.1, 0.15) is 5.69 Å². The van der Waals surface area contributed by atoms with Crippen LogP contribution in [0.2, 0.25) is 0 Å². The van der Waals surface area contributed by atoms with Crippen LogP contribution in [0.15, 0.2) is 59.7 Å². The third-order valence-corrected chi connectivity index (χ3v) is 5.63. The Bertz CT molecular complexity index is 1210. The summed E-state index contributed by atoms with van der Waals surface area (Å²) in [5, 5.41) is 3.10. The highest BCUT2D eigenvalue weighted by Gasteiger charge is 2.14. The second-order valence-electron chi connectivity index (χ2n) is 8.30. The van der Waals surface area contributed by atoms with Crippen molar-refractivity contribution in [2.45, 2.75) is 40.3 Å². The Morgan fingerprint density at radius 3 is 2.61 bits per heavy atom. The molecule has 3 N–H and O–H groups in total. The van der Waals surface area contributed by atoms with E-state index in [9.17, 15) is 9.59 Å². The van der Waals surface area contributed by atoms with Gasteiger partial charge in [0.15, 0.2) is 0 Å².